The first-order chi connectivity index (χ1) is 8.67. The number of hydrogen-bond acceptors (Lipinski definition) is 3. The van der Waals surface area contributed by atoms with Gasteiger partial charge in [0.15, 0.2) is 0 Å². The van der Waals surface area contributed by atoms with Crippen molar-refractivity contribution in [2.75, 3.05) is 18.9 Å². The Kier molecular flexibility index (Phi) is 6.73. The lowest BCUT2D eigenvalue weighted by Gasteiger charge is -2.26. The van der Waals surface area contributed by atoms with E-state index in [0.717, 1.165) is 24.5 Å². The van der Waals surface area contributed by atoms with Crippen molar-refractivity contribution in [2.45, 2.75) is 52.6 Å². The monoisotopic (exact) mass is 249 g/mol. The van der Waals surface area contributed by atoms with E-state index in [1.165, 1.54) is 19.3 Å². The van der Waals surface area contributed by atoms with Gasteiger partial charge in [-0.15, -0.1) is 0 Å². The Labute approximate surface area is 112 Å². The first kappa shape index (κ1) is 15.0. The van der Waals surface area contributed by atoms with Crippen LogP contribution >= 0.6 is 0 Å². The van der Waals surface area contributed by atoms with Crippen LogP contribution in [0.1, 0.15) is 45.7 Å². The van der Waals surface area contributed by atoms with Gasteiger partial charge in [0, 0.05) is 31.5 Å². The minimum Gasteiger partial charge on any atom is -0.388 e. The van der Waals surface area contributed by atoms with Crippen LogP contribution in [0.4, 0.5) is 5.69 Å². The van der Waals surface area contributed by atoms with Crippen LogP contribution in [-0.4, -0.2) is 29.5 Å². The van der Waals surface area contributed by atoms with Gasteiger partial charge in [-0.3, -0.25) is 9.88 Å². The van der Waals surface area contributed by atoms with Gasteiger partial charge in [-0.05, 0) is 38.9 Å². The molecule has 0 saturated heterocycles. The van der Waals surface area contributed by atoms with Crippen LogP contribution in [0.15, 0.2) is 18.3 Å². The van der Waals surface area contributed by atoms with Gasteiger partial charge in [-0.2, -0.15) is 0 Å². The molecule has 1 aromatic rings. The minimum absolute atomic E-state index is 0.571. The van der Waals surface area contributed by atoms with Crippen molar-refractivity contribution < 1.29 is 0 Å². The van der Waals surface area contributed by atoms with E-state index >= 15 is 0 Å². The molecule has 0 aliphatic rings. The van der Waals surface area contributed by atoms with Gasteiger partial charge in [0.25, 0.3) is 0 Å². The zero-order chi connectivity index (χ0) is 13.4. The molecule has 18 heavy (non-hydrogen) atoms. The molecule has 0 bridgehead atoms. The van der Waals surface area contributed by atoms with E-state index in [1.807, 2.05) is 19.3 Å². The highest BCUT2D eigenvalue weighted by Gasteiger charge is 2.10. The number of unbranched alkanes of at least 4 members (excludes halogenated alkanes) is 2. The fraction of sp³-hybridized carbons (Fsp3) is 0.667. The molecule has 0 radical (unpaired) electrons. The third-order valence-electron chi connectivity index (χ3n) is 3.25. The van der Waals surface area contributed by atoms with Gasteiger partial charge in [-0.1, -0.05) is 19.8 Å². The van der Waals surface area contributed by atoms with Crippen LogP contribution in [0.2, 0.25) is 0 Å². The predicted octanol–water partition coefficient (Wildman–Crippen LogP) is 3.52. The van der Waals surface area contributed by atoms with E-state index in [0.29, 0.717) is 6.04 Å². The molecule has 3 heteroatoms. The van der Waals surface area contributed by atoms with Crippen molar-refractivity contribution in [2.24, 2.45) is 0 Å². The van der Waals surface area contributed by atoms with Crippen LogP contribution < -0.4 is 5.32 Å². The number of nitrogens with one attached hydrogen (secondary N) is 1. The molecule has 0 aromatic carbocycles. The summed E-state index contributed by atoms with van der Waals surface area (Å²) in [7, 11) is 1.95. The maximum Gasteiger partial charge on any atom is 0.0564 e. The lowest BCUT2D eigenvalue weighted by Crippen LogP contribution is -2.31. The summed E-state index contributed by atoms with van der Waals surface area (Å²) in [6, 6.07) is 4.71. The molecule has 0 amide bonds. The van der Waals surface area contributed by atoms with E-state index in [2.05, 4.69) is 42.0 Å². The third kappa shape index (κ3) is 5.05. The first-order valence-corrected chi connectivity index (χ1v) is 7.04. The van der Waals surface area contributed by atoms with Crippen LogP contribution in [0.5, 0.6) is 0 Å². The second-order valence-electron chi connectivity index (χ2n) is 5.06. The number of pyridine rings is 1. The van der Waals surface area contributed by atoms with Crippen molar-refractivity contribution in [1.82, 2.24) is 9.88 Å². The molecule has 1 rings (SSSR count). The third-order valence-corrected chi connectivity index (χ3v) is 3.25. The van der Waals surface area contributed by atoms with Crippen molar-refractivity contribution in [1.29, 1.82) is 0 Å². The van der Waals surface area contributed by atoms with Crippen LogP contribution in [0, 0.1) is 0 Å². The lowest BCUT2D eigenvalue weighted by molar-refractivity contribution is 0.206. The molecule has 0 aliphatic heterocycles. The average Bonchev–Trinajstić information content (AvgIpc) is 2.38. The lowest BCUT2D eigenvalue weighted by atomic mass is 10.2. The zero-order valence-electron chi connectivity index (χ0n) is 12.2. The molecule has 0 saturated carbocycles. The Hall–Kier alpha value is -1.09. The molecule has 0 atom stereocenters. The number of rotatable bonds is 8. The number of aromatic nitrogens is 1. The van der Waals surface area contributed by atoms with Crippen molar-refractivity contribution >= 4 is 5.69 Å². The molecule has 3 nitrogen and oxygen atoms in total. The van der Waals surface area contributed by atoms with Crippen LogP contribution in [-0.2, 0) is 6.54 Å². The van der Waals surface area contributed by atoms with E-state index in [-0.39, 0.29) is 0 Å². The van der Waals surface area contributed by atoms with Crippen molar-refractivity contribution in [3.8, 4) is 0 Å². The van der Waals surface area contributed by atoms with Crippen LogP contribution in [0.3, 0.4) is 0 Å². The summed E-state index contributed by atoms with van der Waals surface area (Å²) in [5.74, 6) is 0. The number of anilines is 1. The van der Waals surface area contributed by atoms with E-state index < -0.39 is 0 Å². The highest BCUT2D eigenvalue weighted by molar-refractivity contribution is 5.42. The summed E-state index contributed by atoms with van der Waals surface area (Å²) < 4.78 is 0. The Morgan fingerprint density at radius 1 is 1.33 bits per heavy atom. The van der Waals surface area contributed by atoms with Crippen molar-refractivity contribution in [3.05, 3.63) is 24.0 Å². The van der Waals surface area contributed by atoms with Crippen LogP contribution in [0.25, 0.3) is 0 Å². The summed E-state index contributed by atoms with van der Waals surface area (Å²) in [5, 5.41) is 3.16. The average molecular weight is 249 g/mol. The largest absolute Gasteiger partial charge is 0.388 e. The van der Waals surface area contributed by atoms with E-state index in [1.54, 1.807) is 0 Å². The fourth-order valence-electron chi connectivity index (χ4n) is 2.01. The zero-order valence-corrected chi connectivity index (χ0v) is 12.2. The van der Waals surface area contributed by atoms with Gasteiger partial charge in [0.05, 0.1) is 5.69 Å². The molecular formula is C15H27N3. The van der Waals surface area contributed by atoms with Gasteiger partial charge < -0.3 is 5.32 Å². The SMILES string of the molecule is CCCCCN(Cc1cc(NC)ccn1)C(C)C. The fourth-order valence-corrected chi connectivity index (χ4v) is 2.01. The number of hydrogen-bond donors (Lipinski definition) is 1. The highest BCUT2D eigenvalue weighted by Crippen LogP contribution is 2.12. The highest BCUT2D eigenvalue weighted by atomic mass is 15.1. The Morgan fingerprint density at radius 3 is 2.72 bits per heavy atom. The summed E-state index contributed by atoms with van der Waals surface area (Å²) >= 11 is 0. The molecule has 1 aromatic heterocycles. The summed E-state index contributed by atoms with van der Waals surface area (Å²) in [6.07, 6.45) is 5.75. The molecule has 1 heterocycles. The summed E-state index contributed by atoms with van der Waals surface area (Å²) in [6.45, 7) is 8.87. The minimum atomic E-state index is 0.571. The molecule has 102 valence electrons. The maximum atomic E-state index is 4.46. The van der Waals surface area contributed by atoms with Crippen molar-refractivity contribution in [3.63, 3.8) is 0 Å². The predicted molar refractivity (Wildman–Crippen MR) is 78.9 cm³/mol. The Balaban J connectivity index is 2.58. The second kappa shape index (κ2) is 8.09. The van der Waals surface area contributed by atoms with Gasteiger partial charge in [-0.25, -0.2) is 0 Å². The first-order valence-electron chi connectivity index (χ1n) is 7.04. The smallest absolute Gasteiger partial charge is 0.0564 e. The molecule has 0 aliphatic carbocycles. The normalized spacial score (nSPS) is 11.2. The quantitative estimate of drug-likeness (QED) is 0.714. The summed E-state index contributed by atoms with van der Waals surface area (Å²) in [4.78, 5) is 6.95. The second-order valence-corrected chi connectivity index (χ2v) is 5.06. The summed E-state index contributed by atoms with van der Waals surface area (Å²) in [5.41, 5.74) is 2.28. The molecule has 0 spiro atoms. The molecular weight excluding hydrogens is 222 g/mol. The molecule has 0 fully saturated rings. The topological polar surface area (TPSA) is 28.2 Å². The van der Waals surface area contributed by atoms with E-state index in [9.17, 15) is 0 Å². The standard InChI is InChI=1S/C15H27N3/c1-5-6-7-10-18(13(2)3)12-15-11-14(16-4)8-9-17-15/h8-9,11,13H,5-7,10,12H2,1-4H3,(H,16,17). The van der Waals surface area contributed by atoms with Gasteiger partial charge >= 0.3 is 0 Å². The number of nitrogens with zero attached hydrogens (tertiary/aromatic N) is 2. The molecule has 1 N–H and O–H groups in total. The Morgan fingerprint density at radius 2 is 2.11 bits per heavy atom. The van der Waals surface area contributed by atoms with E-state index in [4.69, 9.17) is 0 Å². The Bertz CT molecular complexity index is 336. The van der Waals surface area contributed by atoms with Gasteiger partial charge in [0.2, 0.25) is 0 Å². The van der Waals surface area contributed by atoms with Gasteiger partial charge in [0.1, 0.15) is 0 Å². The molecule has 0 unspecified atom stereocenters. The maximum absolute atomic E-state index is 4.46.